The van der Waals surface area contributed by atoms with Gasteiger partial charge in [-0.25, -0.2) is 4.98 Å². The van der Waals surface area contributed by atoms with Gasteiger partial charge in [0.15, 0.2) is 5.82 Å². The van der Waals surface area contributed by atoms with Crippen LogP contribution >= 0.6 is 11.6 Å². The molecule has 0 bridgehead atoms. The van der Waals surface area contributed by atoms with Crippen LogP contribution in [0, 0.1) is 6.92 Å². The summed E-state index contributed by atoms with van der Waals surface area (Å²) in [7, 11) is 0. The summed E-state index contributed by atoms with van der Waals surface area (Å²) in [4.78, 5) is 20.8. The summed E-state index contributed by atoms with van der Waals surface area (Å²) in [5, 5.41) is 6.51. The Morgan fingerprint density at radius 2 is 1.84 bits per heavy atom. The first-order valence-corrected chi connectivity index (χ1v) is 7.12. The van der Waals surface area contributed by atoms with Crippen molar-refractivity contribution in [2.75, 3.05) is 10.6 Å². The SMILES string of the molecule is Cc1nc(Cl)nc2c1NC(=O)C1(CCCCCC1)N2. The lowest BCUT2D eigenvalue weighted by atomic mass is 9.87. The molecule has 1 amide bonds. The van der Waals surface area contributed by atoms with Crippen LogP contribution in [0.1, 0.15) is 44.2 Å². The van der Waals surface area contributed by atoms with Crippen LogP contribution in [-0.2, 0) is 4.79 Å². The molecule has 0 unspecified atom stereocenters. The van der Waals surface area contributed by atoms with Crippen LogP contribution in [-0.4, -0.2) is 21.4 Å². The van der Waals surface area contributed by atoms with E-state index in [1.807, 2.05) is 6.92 Å². The molecule has 0 atom stereocenters. The second kappa shape index (κ2) is 4.63. The van der Waals surface area contributed by atoms with E-state index in [2.05, 4.69) is 20.6 Å². The van der Waals surface area contributed by atoms with Gasteiger partial charge in [-0.1, -0.05) is 25.7 Å². The molecule has 2 heterocycles. The number of hydrogen-bond acceptors (Lipinski definition) is 4. The summed E-state index contributed by atoms with van der Waals surface area (Å²) < 4.78 is 0. The Hall–Kier alpha value is -1.36. The maximum absolute atomic E-state index is 12.5. The van der Waals surface area contributed by atoms with Crippen molar-refractivity contribution in [3.05, 3.63) is 11.0 Å². The molecule has 102 valence electrons. The minimum Gasteiger partial charge on any atom is -0.354 e. The Balaban J connectivity index is 2.00. The number of aryl methyl sites for hydroxylation is 1. The van der Waals surface area contributed by atoms with Gasteiger partial charge in [0.1, 0.15) is 11.2 Å². The fourth-order valence-corrected chi connectivity index (χ4v) is 3.19. The highest BCUT2D eigenvalue weighted by Gasteiger charge is 2.43. The summed E-state index contributed by atoms with van der Waals surface area (Å²) in [6.07, 6.45) is 6.19. The van der Waals surface area contributed by atoms with Crippen molar-refractivity contribution < 1.29 is 4.79 Å². The predicted molar refractivity (Wildman–Crippen MR) is 74.5 cm³/mol. The highest BCUT2D eigenvalue weighted by atomic mass is 35.5. The summed E-state index contributed by atoms with van der Waals surface area (Å²) in [5.74, 6) is 0.690. The first-order chi connectivity index (χ1) is 9.11. The summed E-state index contributed by atoms with van der Waals surface area (Å²) in [6, 6.07) is 0. The number of nitrogens with zero attached hydrogens (tertiary/aromatic N) is 2. The molecule has 19 heavy (non-hydrogen) atoms. The second-order valence-corrected chi connectivity index (χ2v) is 5.72. The molecule has 1 spiro atoms. The van der Waals surface area contributed by atoms with Crippen molar-refractivity contribution in [1.82, 2.24) is 9.97 Å². The fraction of sp³-hybridized carbons (Fsp3) is 0.615. The molecular formula is C13H17ClN4O. The molecule has 1 fully saturated rings. The monoisotopic (exact) mass is 280 g/mol. The largest absolute Gasteiger partial charge is 0.354 e. The zero-order valence-corrected chi connectivity index (χ0v) is 11.7. The molecule has 0 aromatic carbocycles. The first kappa shape index (κ1) is 12.7. The number of nitrogens with one attached hydrogen (secondary N) is 2. The summed E-state index contributed by atoms with van der Waals surface area (Å²) >= 11 is 5.90. The van der Waals surface area contributed by atoms with Crippen LogP contribution in [0.15, 0.2) is 0 Å². The number of rotatable bonds is 0. The van der Waals surface area contributed by atoms with Crippen molar-refractivity contribution >= 4 is 29.0 Å². The van der Waals surface area contributed by atoms with Gasteiger partial charge in [-0.3, -0.25) is 4.79 Å². The number of carbonyl (C=O) groups excluding carboxylic acids is 1. The first-order valence-electron chi connectivity index (χ1n) is 6.74. The number of hydrogen-bond donors (Lipinski definition) is 2. The van der Waals surface area contributed by atoms with Gasteiger partial charge in [0.25, 0.3) is 0 Å². The van der Waals surface area contributed by atoms with Gasteiger partial charge in [-0.15, -0.1) is 0 Å². The fourth-order valence-electron chi connectivity index (χ4n) is 2.98. The van der Waals surface area contributed by atoms with Crippen molar-refractivity contribution in [3.63, 3.8) is 0 Å². The number of amides is 1. The number of carbonyl (C=O) groups is 1. The quantitative estimate of drug-likeness (QED) is 0.717. The Kier molecular flexibility index (Phi) is 3.09. The molecule has 2 N–H and O–H groups in total. The third-order valence-corrected chi connectivity index (χ3v) is 4.22. The lowest BCUT2D eigenvalue weighted by Crippen LogP contribution is -2.52. The molecule has 1 saturated carbocycles. The van der Waals surface area contributed by atoms with Gasteiger partial charge in [0.05, 0.1) is 5.69 Å². The lowest BCUT2D eigenvalue weighted by Gasteiger charge is -2.37. The molecule has 0 saturated heterocycles. The van der Waals surface area contributed by atoms with Gasteiger partial charge in [0, 0.05) is 0 Å². The summed E-state index contributed by atoms with van der Waals surface area (Å²) in [5.41, 5.74) is 0.830. The smallest absolute Gasteiger partial charge is 0.250 e. The maximum atomic E-state index is 12.5. The van der Waals surface area contributed by atoms with Crippen LogP contribution < -0.4 is 10.6 Å². The van der Waals surface area contributed by atoms with Crippen LogP contribution in [0.4, 0.5) is 11.5 Å². The van der Waals surface area contributed by atoms with Crippen molar-refractivity contribution in [2.24, 2.45) is 0 Å². The Bertz CT molecular complexity index is 524. The van der Waals surface area contributed by atoms with E-state index in [1.54, 1.807) is 0 Å². The van der Waals surface area contributed by atoms with Crippen LogP contribution in [0.5, 0.6) is 0 Å². The Morgan fingerprint density at radius 3 is 2.53 bits per heavy atom. The Labute approximate surface area is 117 Å². The predicted octanol–water partition coefficient (Wildman–Crippen LogP) is 2.90. The molecule has 1 aliphatic carbocycles. The van der Waals surface area contributed by atoms with E-state index in [0.717, 1.165) is 25.7 Å². The topological polar surface area (TPSA) is 66.9 Å². The average Bonchev–Trinajstić information content (AvgIpc) is 2.58. The van der Waals surface area contributed by atoms with E-state index in [0.29, 0.717) is 17.2 Å². The van der Waals surface area contributed by atoms with Crippen LogP contribution in [0.25, 0.3) is 0 Å². The number of fused-ring (bicyclic) bond motifs is 1. The lowest BCUT2D eigenvalue weighted by molar-refractivity contribution is -0.121. The molecule has 1 aromatic rings. The molecule has 5 nitrogen and oxygen atoms in total. The van der Waals surface area contributed by atoms with E-state index in [-0.39, 0.29) is 11.2 Å². The van der Waals surface area contributed by atoms with E-state index in [9.17, 15) is 4.79 Å². The molecule has 0 radical (unpaired) electrons. The van der Waals surface area contributed by atoms with E-state index >= 15 is 0 Å². The summed E-state index contributed by atoms with van der Waals surface area (Å²) in [6.45, 7) is 1.82. The zero-order chi connectivity index (χ0) is 13.5. The van der Waals surface area contributed by atoms with Crippen LogP contribution in [0.3, 0.4) is 0 Å². The molecule has 6 heteroatoms. The minimum absolute atomic E-state index is 0.0379. The number of halogens is 1. The molecule has 3 rings (SSSR count). The normalized spacial score (nSPS) is 21.3. The second-order valence-electron chi connectivity index (χ2n) is 5.38. The highest BCUT2D eigenvalue weighted by molar-refractivity contribution is 6.28. The van der Waals surface area contributed by atoms with Gasteiger partial charge in [0.2, 0.25) is 11.2 Å². The molecule has 2 aliphatic rings. The van der Waals surface area contributed by atoms with E-state index < -0.39 is 5.54 Å². The third-order valence-electron chi connectivity index (χ3n) is 4.05. The third kappa shape index (κ3) is 2.16. The van der Waals surface area contributed by atoms with Crippen molar-refractivity contribution in [2.45, 2.75) is 51.0 Å². The van der Waals surface area contributed by atoms with E-state index in [4.69, 9.17) is 11.6 Å². The Morgan fingerprint density at radius 1 is 1.16 bits per heavy atom. The zero-order valence-electron chi connectivity index (χ0n) is 10.9. The maximum Gasteiger partial charge on any atom is 0.250 e. The van der Waals surface area contributed by atoms with Gasteiger partial charge in [-0.2, -0.15) is 4.98 Å². The van der Waals surface area contributed by atoms with Gasteiger partial charge < -0.3 is 10.6 Å². The number of aromatic nitrogens is 2. The molecule has 1 aromatic heterocycles. The average molecular weight is 281 g/mol. The van der Waals surface area contributed by atoms with Crippen molar-refractivity contribution in [1.29, 1.82) is 0 Å². The van der Waals surface area contributed by atoms with E-state index in [1.165, 1.54) is 12.8 Å². The minimum atomic E-state index is -0.520. The molecular weight excluding hydrogens is 264 g/mol. The standard InChI is InChI=1S/C13H17ClN4O/c1-8-9-10(17-12(14)15-8)18-13(11(19)16-9)6-4-2-3-5-7-13/h2-7H2,1H3,(H,16,19)(H,15,17,18). The number of anilines is 2. The van der Waals surface area contributed by atoms with Gasteiger partial charge >= 0.3 is 0 Å². The molecule has 1 aliphatic heterocycles. The van der Waals surface area contributed by atoms with Crippen molar-refractivity contribution in [3.8, 4) is 0 Å². The van der Waals surface area contributed by atoms with Gasteiger partial charge in [-0.05, 0) is 31.4 Å². The van der Waals surface area contributed by atoms with Crippen LogP contribution in [0.2, 0.25) is 5.28 Å². The highest BCUT2D eigenvalue weighted by Crippen LogP contribution is 2.38.